The van der Waals surface area contributed by atoms with Gasteiger partial charge in [-0.2, -0.15) is 0 Å². The Balaban J connectivity index is 0.000000420. The fourth-order valence-electron chi connectivity index (χ4n) is 3.38. The highest BCUT2D eigenvalue weighted by Crippen LogP contribution is 2.28. The van der Waals surface area contributed by atoms with E-state index in [0.717, 1.165) is 46.1 Å². The van der Waals surface area contributed by atoms with Crippen molar-refractivity contribution in [2.75, 3.05) is 13.1 Å². The lowest BCUT2D eigenvalue weighted by Gasteiger charge is -2.19. The number of nitrogens with zero attached hydrogens (tertiary/aromatic N) is 1. The lowest BCUT2D eigenvalue weighted by molar-refractivity contribution is 0.0526. The van der Waals surface area contributed by atoms with Crippen molar-refractivity contribution < 1.29 is 14.3 Å². The average Bonchev–Trinajstić information content (AvgIpc) is 3.22. The van der Waals surface area contributed by atoms with Crippen LogP contribution < -0.4 is 16.4 Å². The molecule has 0 radical (unpaired) electrons. The monoisotopic (exact) mass is 494 g/mol. The van der Waals surface area contributed by atoms with Gasteiger partial charge in [0.15, 0.2) is 0 Å². The van der Waals surface area contributed by atoms with Crippen molar-refractivity contribution in [1.82, 2.24) is 15.6 Å². The maximum Gasteiger partial charge on any atom is 0.407 e. The molecule has 0 fully saturated rings. The van der Waals surface area contributed by atoms with Crippen molar-refractivity contribution in [1.29, 1.82) is 0 Å². The van der Waals surface area contributed by atoms with Crippen molar-refractivity contribution in [2.45, 2.75) is 52.6 Å². The van der Waals surface area contributed by atoms with Crippen LogP contribution in [0.15, 0.2) is 54.3 Å². The molecule has 1 aliphatic carbocycles. The third kappa shape index (κ3) is 8.10. The number of carbonyl (C=O) groups is 2. The van der Waals surface area contributed by atoms with E-state index in [1.807, 2.05) is 24.3 Å². The number of alkyl carbamates (subject to hydrolysis) is 1. The Kier molecular flexibility index (Phi) is 8.87. The van der Waals surface area contributed by atoms with E-state index in [1.54, 1.807) is 20.8 Å². The number of amides is 2. The molecule has 0 spiro atoms. The van der Waals surface area contributed by atoms with E-state index in [4.69, 9.17) is 10.5 Å². The molecule has 0 aliphatic heterocycles. The summed E-state index contributed by atoms with van der Waals surface area (Å²) in [5, 5.41) is 7.47. The quantitative estimate of drug-likeness (QED) is 0.409. The minimum absolute atomic E-state index is 0.174. The molecule has 2 amide bonds. The second-order valence-electron chi connectivity index (χ2n) is 9.27. The van der Waals surface area contributed by atoms with E-state index in [0.29, 0.717) is 18.0 Å². The molecule has 35 heavy (non-hydrogen) atoms. The van der Waals surface area contributed by atoms with E-state index in [1.165, 1.54) is 16.9 Å². The number of rotatable bonds is 5. The summed E-state index contributed by atoms with van der Waals surface area (Å²) >= 11 is 1.37. The van der Waals surface area contributed by atoms with Crippen molar-refractivity contribution in [3.8, 4) is 0 Å². The Bertz CT molecular complexity index is 1250. The molecule has 2 aromatic heterocycles. The molecule has 186 valence electrons. The molecule has 0 saturated heterocycles. The number of fused-ring (bicyclic) bond motifs is 2. The van der Waals surface area contributed by atoms with Gasteiger partial charge in [-0.1, -0.05) is 25.1 Å². The summed E-state index contributed by atoms with van der Waals surface area (Å²) in [7, 11) is 0. The number of benzene rings is 1. The molecule has 1 aromatic carbocycles. The van der Waals surface area contributed by atoms with Crippen LogP contribution in [0.4, 0.5) is 4.79 Å². The molecular weight excluding hydrogens is 460 g/mol. The van der Waals surface area contributed by atoms with Gasteiger partial charge in [0.25, 0.3) is 5.91 Å². The van der Waals surface area contributed by atoms with Gasteiger partial charge >= 0.3 is 6.09 Å². The number of allylic oxidation sites excluding steroid dienone is 4. The summed E-state index contributed by atoms with van der Waals surface area (Å²) in [6.45, 7) is 8.15. The van der Waals surface area contributed by atoms with E-state index >= 15 is 0 Å². The number of thiophene rings is 1. The first-order chi connectivity index (χ1) is 16.6. The molecule has 7 nitrogen and oxygen atoms in total. The summed E-state index contributed by atoms with van der Waals surface area (Å²) in [6.07, 6.45) is 8.70. The summed E-state index contributed by atoms with van der Waals surface area (Å²) in [6, 6.07) is 10.2. The van der Waals surface area contributed by atoms with Crippen molar-refractivity contribution in [3.05, 3.63) is 64.7 Å². The molecule has 2 heterocycles. The van der Waals surface area contributed by atoms with Gasteiger partial charge in [0.05, 0.1) is 10.4 Å². The largest absolute Gasteiger partial charge is 0.444 e. The Morgan fingerprint density at radius 3 is 2.51 bits per heavy atom. The minimum Gasteiger partial charge on any atom is -0.444 e. The lowest BCUT2D eigenvalue weighted by Crippen LogP contribution is -2.37. The smallest absolute Gasteiger partial charge is 0.407 e. The van der Waals surface area contributed by atoms with Crippen LogP contribution in [0.5, 0.6) is 0 Å². The topological polar surface area (TPSA) is 106 Å². The number of hydrogen-bond donors (Lipinski definition) is 3. The standard InChI is InChI=1S/C21H25N3O3S.C6H9N/c1-5-13-6-7-16-14(10-13)11-15-12-17(28-19(15)24-16)18(25)22-8-9-23-20(26)27-21(2,3)4;7-6-4-2-1-3-5-6/h6-7,10-12H,5,8-9H2,1-4H3,(H,22,25)(H,23,26);1-2,4H,3,5,7H2. The second-order valence-corrected chi connectivity index (χ2v) is 10.3. The van der Waals surface area contributed by atoms with Crippen LogP contribution in [0.3, 0.4) is 0 Å². The van der Waals surface area contributed by atoms with E-state index in [9.17, 15) is 9.59 Å². The molecule has 4 rings (SSSR count). The molecule has 0 atom stereocenters. The van der Waals surface area contributed by atoms with Crippen LogP contribution in [-0.2, 0) is 11.2 Å². The number of ether oxygens (including phenoxy) is 1. The predicted octanol–water partition coefficient (Wildman–Crippen LogP) is 5.45. The summed E-state index contributed by atoms with van der Waals surface area (Å²) in [5.41, 5.74) is 8.10. The molecule has 3 aromatic rings. The highest BCUT2D eigenvalue weighted by Gasteiger charge is 2.16. The number of pyridine rings is 1. The average molecular weight is 495 g/mol. The van der Waals surface area contributed by atoms with Gasteiger partial charge in [0.2, 0.25) is 0 Å². The summed E-state index contributed by atoms with van der Waals surface area (Å²) < 4.78 is 5.15. The van der Waals surface area contributed by atoms with E-state index in [-0.39, 0.29) is 5.91 Å². The van der Waals surface area contributed by atoms with Gasteiger partial charge in [0, 0.05) is 29.6 Å². The minimum atomic E-state index is -0.543. The summed E-state index contributed by atoms with van der Waals surface area (Å²) in [4.78, 5) is 30.1. The van der Waals surface area contributed by atoms with Crippen LogP contribution in [0.1, 0.15) is 55.8 Å². The van der Waals surface area contributed by atoms with Gasteiger partial charge in [-0.15, -0.1) is 11.3 Å². The highest BCUT2D eigenvalue weighted by atomic mass is 32.1. The fraction of sp³-hybridized carbons (Fsp3) is 0.370. The number of carbonyl (C=O) groups excluding carboxylic acids is 2. The zero-order chi connectivity index (χ0) is 25.4. The number of nitrogens with two attached hydrogens (primary N) is 1. The van der Waals surface area contributed by atoms with Crippen molar-refractivity contribution in [2.24, 2.45) is 5.73 Å². The number of nitrogens with one attached hydrogen (secondary N) is 2. The number of aryl methyl sites for hydroxylation is 1. The van der Waals surface area contributed by atoms with Crippen molar-refractivity contribution >= 4 is 44.5 Å². The molecule has 1 aliphatic rings. The Labute approximate surface area is 210 Å². The van der Waals surface area contributed by atoms with Gasteiger partial charge in [-0.05, 0) is 75.9 Å². The van der Waals surface area contributed by atoms with Crippen LogP contribution in [-0.4, -0.2) is 35.7 Å². The first-order valence-electron chi connectivity index (χ1n) is 11.8. The Morgan fingerprint density at radius 1 is 1.11 bits per heavy atom. The van der Waals surface area contributed by atoms with Crippen molar-refractivity contribution in [3.63, 3.8) is 0 Å². The molecule has 0 unspecified atom stereocenters. The third-order valence-corrected chi connectivity index (χ3v) is 6.17. The first kappa shape index (κ1) is 26.2. The van der Waals surface area contributed by atoms with E-state index < -0.39 is 11.7 Å². The van der Waals surface area contributed by atoms with Gasteiger partial charge in [0.1, 0.15) is 10.4 Å². The Hall–Kier alpha value is -3.39. The zero-order valence-electron chi connectivity index (χ0n) is 20.8. The van der Waals surface area contributed by atoms with Crippen LogP contribution in [0.2, 0.25) is 0 Å². The van der Waals surface area contributed by atoms with Crippen LogP contribution in [0.25, 0.3) is 21.1 Å². The summed E-state index contributed by atoms with van der Waals surface area (Å²) in [5.74, 6) is -0.174. The molecule has 0 bridgehead atoms. The van der Waals surface area contributed by atoms with Gasteiger partial charge in [-0.25, -0.2) is 9.78 Å². The number of hydrogen-bond acceptors (Lipinski definition) is 6. The normalized spacial score (nSPS) is 13.1. The van der Waals surface area contributed by atoms with Gasteiger partial charge < -0.3 is 21.1 Å². The molecular formula is C27H34N4O3S. The second kappa shape index (κ2) is 11.8. The molecule has 8 heteroatoms. The first-order valence-corrected chi connectivity index (χ1v) is 12.7. The van der Waals surface area contributed by atoms with Crippen LogP contribution >= 0.6 is 11.3 Å². The lowest BCUT2D eigenvalue weighted by atomic mass is 10.1. The van der Waals surface area contributed by atoms with Gasteiger partial charge in [-0.3, -0.25) is 4.79 Å². The molecule has 0 saturated carbocycles. The fourth-order valence-corrected chi connectivity index (χ4v) is 4.32. The molecule has 4 N–H and O–H groups in total. The predicted molar refractivity (Wildman–Crippen MR) is 144 cm³/mol. The SMILES string of the molecule is CCc1ccc2nc3sc(C(=O)NCCNC(=O)OC(C)(C)C)cc3cc2c1.NC1=CC=CCC1. The van der Waals surface area contributed by atoms with Crippen LogP contribution in [0, 0.1) is 0 Å². The Morgan fingerprint density at radius 2 is 1.89 bits per heavy atom. The maximum absolute atomic E-state index is 12.4. The highest BCUT2D eigenvalue weighted by molar-refractivity contribution is 7.20. The maximum atomic E-state index is 12.4. The zero-order valence-corrected chi connectivity index (χ0v) is 21.6. The third-order valence-electron chi connectivity index (χ3n) is 5.12. The van der Waals surface area contributed by atoms with E-state index in [2.05, 4.69) is 46.8 Å². The number of aromatic nitrogens is 1.